The van der Waals surface area contributed by atoms with Gasteiger partial charge < -0.3 is 15.5 Å². The number of para-hydroxylation sites is 1. The smallest absolute Gasteiger partial charge is 0.227 e. The number of rotatable bonds is 4. The molecular formula is C20H27N3O2. The topological polar surface area (TPSA) is 61.4 Å². The highest BCUT2D eigenvalue weighted by Crippen LogP contribution is 2.31. The molecule has 1 aromatic rings. The van der Waals surface area contributed by atoms with Gasteiger partial charge in [0.05, 0.1) is 0 Å². The Hall–Kier alpha value is -1.88. The Morgan fingerprint density at radius 3 is 2.68 bits per heavy atom. The van der Waals surface area contributed by atoms with Crippen molar-refractivity contribution < 1.29 is 9.59 Å². The molecule has 5 heteroatoms. The van der Waals surface area contributed by atoms with Gasteiger partial charge in [0.15, 0.2) is 0 Å². The Balaban J connectivity index is 1.32. The molecular weight excluding hydrogens is 314 g/mol. The molecule has 3 unspecified atom stereocenters. The minimum atomic E-state index is -0.101. The van der Waals surface area contributed by atoms with E-state index in [4.69, 9.17) is 0 Å². The standard InChI is InChI=1S/C20H27N3O2/c1-23(17-11-15-7-8-16(12-17)21-15)19(24)9-6-14-10-13-4-2-3-5-18(13)22-20(14)25/h2-5,14-17,21H,6-12H2,1H3,(H,22,25). The van der Waals surface area contributed by atoms with Crippen molar-refractivity contribution in [2.45, 2.75) is 63.1 Å². The second-order valence-electron chi connectivity index (χ2n) is 7.85. The summed E-state index contributed by atoms with van der Waals surface area (Å²) in [5.74, 6) is 0.128. The van der Waals surface area contributed by atoms with Crippen LogP contribution < -0.4 is 10.6 Å². The molecule has 25 heavy (non-hydrogen) atoms. The van der Waals surface area contributed by atoms with E-state index >= 15 is 0 Å². The number of fused-ring (bicyclic) bond motifs is 3. The van der Waals surface area contributed by atoms with Crippen molar-refractivity contribution in [1.82, 2.24) is 10.2 Å². The highest BCUT2D eigenvalue weighted by Gasteiger charge is 2.36. The number of benzene rings is 1. The van der Waals surface area contributed by atoms with Crippen LogP contribution in [-0.2, 0) is 16.0 Å². The van der Waals surface area contributed by atoms with Gasteiger partial charge in [0.2, 0.25) is 11.8 Å². The summed E-state index contributed by atoms with van der Waals surface area (Å²) in [6, 6.07) is 9.45. The lowest BCUT2D eigenvalue weighted by Gasteiger charge is -2.36. The molecule has 2 amide bonds. The normalized spacial score (nSPS) is 30.5. The van der Waals surface area contributed by atoms with Gasteiger partial charge in [-0.2, -0.15) is 0 Å². The van der Waals surface area contributed by atoms with Crippen molar-refractivity contribution >= 4 is 17.5 Å². The van der Waals surface area contributed by atoms with Gasteiger partial charge in [-0.1, -0.05) is 18.2 Å². The van der Waals surface area contributed by atoms with Gasteiger partial charge in [-0.25, -0.2) is 0 Å². The molecule has 134 valence electrons. The Kier molecular flexibility index (Phi) is 4.50. The predicted octanol–water partition coefficient (Wildman–Crippen LogP) is 2.32. The number of carbonyl (C=O) groups excluding carboxylic acids is 2. The summed E-state index contributed by atoms with van der Waals surface area (Å²) in [4.78, 5) is 26.9. The lowest BCUT2D eigenvalue weighted by molar-refractivity contribution is -0.133. The van der Waals surface area contributed by atoms with Crippen LogP contribution in [0, 0.1) is 5.92 Å². The van der Waals surface area contributed by atoms with E-state index in [2.05, 4.69) is 16.7 Å². The molecule has 0 aromatic heterocycles. The molecule has 2 N–H and O–H groups in total. The third kappa shape index (κ3) is 3.43. The largest absolute Gasteiger partial charge is 0.343 e. The number of anilines is 1. The van der Waals surface area contributed by atoms with Crippen molar-refractivity contribution in [2.24, 2.45) is 5.92 Å². The van der Waals surface area contributed by atoms with Crippen LogP contribution in [-0.4, -0.2) is 41.9 Å². The van der Waals surface area contributed by atoms with Gasteiger partial charge in [-0.15, -0.1) is 0 Å². The SMILES string of the molecule is CN(C(=O)CCC1Cc2ccccc2NC1=O)C1CC2CCC(C1)N2. The molecule has 0 saturated carbocycles. The fourth-order valence-electron chi connectivity index (χ4n) is 4.67. The zero-order valence-corrected chi connectivity index (χ0v) is 14.8. The van der Waals surface area contributed by atoms with E-state index in [-0.39, 0.29) is 17.7 Å². The molecule has 5 nitrogen and oxygen atoms in total. The van der Waals surface area contributed by atoms with Gasteiger partial charge in [0.25, 0.3) is 0 Å². The summed E-state index contributed by atoms with van der Waals surface area (Å²) in [5, 5.41) is 6.60. The van der Waals surface area contributed by atoms with Crippen LogP contribution in [0.15, 0.2) is 24.3 Å². The average molecular weight is 341 g/mol. The van der Waals surface area contributed by atoms with E-state index < -0.39 is 0 Å². The Bertz CT molecular complexity index is 663. The minimum Gasteiger partial charge on any atom is -0.343 e. The van der Waals surface area contributed by atoms with Crippen LogP contribution in [0.3, 0.4) is 0 Å². The molecule has 3 heterocycles. The van der Waals surface area contributed by atoms with Crippen LogP contribution in [0.5, 0.6) is 0 Å². The van der Waals surface area contributed by atoms with Crippen molar-refractivity contribution in [3.05, 3.63) is 29.8 Å². The fraction of sp³-hybridized carbons (Fsp3) is 0.600. The molecule has 3 aliphatic heterocycles. The molecule has 3 atom stereocenters. The van der Waals surface area contributed by atoms with Gasteiger partial charge in [-0.3, -0.25) is 9.59 Å². The van der Waals surface area contributed by atoms with Crippen molar-refractivity contribution in [3.8, 4) is 0 Å². The zero-order valence-electron chi connectivity index (χ0n) is 14.8. The van der Waals surface area contributed by atoms with E-state index in [1.807, 2.05) is 30.1 Å². The minimum absolute atomic E-state index is 0.0501. The second-order valence-corrected chi connectivity index (χ2v) is 7.85. The molecule has 1 aromatic carbocycles. The monoisotopic (exact) mass is 341 g/mol. The number of hydrogen-bond acceptors (Lipinski definition) is 3. The fourth-order valence-corrected chi connectivity index (χ4v) is 4.67. The summed E-state index contributed by atoms with van der Waals surface area (Å²) in [6.45, 7) is 0. The summed E-state index contributed by atoms with van der Waals surface area (Å²) < 4.78 is 0. The first-order valence-corrected chi connectivity index (χ1v) is 9.50. The maximum atomic E-state index is 12.6. The van der Waals surface area contributed by atoms with Crippen molar-refractivity contribution in [1.29, 1.82) is 0 Å². The number of hydrogen-bond donors (Lipinski definition) is 2. The molecule has 0 aliphatic carbocycles. The average Bonchev–Trinajstić information content (AvgIpc) is 2.96. The van der Waals surface area contributed by atoms with Crippen LogP contribution in [0.4, 0.5) is 5.69 Å². The van der Waals surface area contributed by atoms with Crippen molar-refractivity contribution in [3.63, 3.8) is 0 Å². The summed E-state index contributed by atoms with van der Waals surface area (Å²) >= 11 is 0. The molecule has 3 aliphatic rings. The Morgan fingerprint density at radius 1 is 1.20 bits per heavy atom. The molecule has 0 radical (unpaired) electrons. The second kappa shape index (κ2) is 6.79. The van der Waals surface area contributed by atoms with Crippen LogP contribution >= 0.6 is 0 Å². The maximum absolute atomic E-state index is 12.6. The first kappa shape index (κ1) is 16.6. The Morgan fingerprint density at radius 2 is 1.92 bits per heavy atom. The zero-order chi connectivity index (χ0) is 17.4. The molecule has 2 saturated heterocycles. The number of nitrogens with one attached hydrogen (secondary N) is 2. The first-order valence-electron chi connectivity index (χ1n) is 9.50. The summed E-state index contributed by atoms with van der Waals surface area (Å²) in [7, 11) is 1.94. The van der Waals surface area contributed by atoms with Crippen LogP contribution in [0.1, 0.15) is 44.1 Å². The van der Waals surface area contributed by atoms with E-state index in [1.54, 1.807) is 0 Å². The summed E-state index contributed by atoms with van der Waals surface area (Å²) in [6.07, 6.45) is 6.43. The number of carbonyl (C=O) groups is 2. The number of amides is 2. The van der Waals surface area contributed by atoms with E-state index in [1.165, 1.54) is 18.4 Å². The number of nitrogens with zero attached hydrogens (tertiary/aromatic N) is 1. The Labute approximate surface area is 149 Å². The lowest BCUT2D eigenvalue weighted by Crippen LogP contribution is -2.48. The summed E-state index contributed by atoms with van der Waals surface area (Å²) in [5.41, 5.74) is 2.08. The maximum Gasteiger partial charge on any atom is 0.227 e. The molecule has 0 spiro atoms. The quantitative estimate of drug-likeness (QED) is 0.883. The highest BCUT2D eigenvalue weighted by atomic mass is 16.2. The molecule has 2 bridgehead atoms. The number of piperidine rings is 1. The van der Waals surface area contributed by atoms with Crippen LogP contribution in [0.25, 0.3) is 0 Å². The van der Waals surface area contributed by atoms with E-state index in [0.29, 0.717) is 31.0 Å². The van der Waals surface area contributed by atoms with Gasteiger partial charge in [0, 0.05) is 43.2 Å². The van der Waals surface area contributed by atoms with E-state index in [9.17, 15) is 9.59 Å². The van der Waals surface area contributed by atoms with Gasteiger partial charge in [0.1, 0.15) is 0 Å². The lowest BCUT2D eigenvalue weighted by atomic mass is 9.89. The van der Waals surface area contributed by atoms with Gasteiger partial charge >= 0.3 is 0 Å². The third-order valence-corrected chi connectivity index (χ3v) is 6.21. The van der Waals surface area contributed by atoms with E-state index in [0.717, 1.165) is 24.9 Å². The molecule has 4 rings (SSSR count). The first-order chi connectivity index (χ1) is 12.1. The predicted molar refractivity (Wildman–Crippen MR) is 97.2 cm³/mol. The van der Waals surface area contributed by atoms with Gasteiger partial charge in [-0.05, 0) is 50.2 Å². The highest BCUT2D eigenvalue weighted by molar-refractivity contribution is 5.96. The van der Waals surface area contributed by atoms with Crippen molar-refractivity contribution in [2.75, 3.05) is 12.4 Å². The van der Waals surface area contributed by atoms with Crippen LogP contribution in [0.2, 0.25) is 0 Å². The third-order valence-electron chi connectivity index (χ3n) is 6.21. The molecule has 2 fully saturated rings.